The molecule has 0 aromatic carbocycles. The molecule has 0 aromatic rings. The Morgan fingerprint density at radius 3 is 2.25 bits per heavy atom. The summed E-state index contributed by atoms with van der Waals surface area (Å²) in [6.45, 7) is 6.80. The molecule has 0 heterocycles. The van der Waals surface area contributed by atoms with Gasteiger partial charge in [-0.3, -0.25) is 14.4 Å². The zero-order valence-corrected chi connectivity index (χ0v) is 12.4. The van der Waals surface area contributed by atoms with Gasteiger partial charge in [0.05, 0.1) is 12.5 Å². The van der Waals surface area contributed by atoms with Crippen LogP contribution in [0.1, 0.15) is 40.5 Å². The average molecular weight is 288 g/mol. The molecule has 0 aliphatic rings. The summed E-state index contributed by atoms with van der Waals surface area (Å²) in [5.74, 6) is -1.66. The molecule has 20 heavy (non-hydrogen) atoms. The number of nitrogens with one attached hydrogen (secondary N) is 1. The zero-order chi connectivity index (χ0) is 15.9. The molecular weight excluding hydrogens is 264 g/mol. The number of hydrogen-bond acceptors (Lipinski definition) is 5. The lowest BCUT2D eigenvalue weighted by atomic mass is 9.88. The highest BCUT2D eigenvalue weighted by atomic mass is 16.5. The van der Waals surface area contributed by atoms with Crippen molar-refractivity contribution in [2.45, 2.75) is 52.7 Å². The van der Waals surface area contributed by atoms with Gasteiger partial charge in [-0.05, 0) is 6.92 Å². The van der Waals surface area contributed by atoms with Crippen LogP contribution in [0.2, 0.25) is 0 Å². The third-order valence-electron chi connectivity index (χ3n) is 2.41. The summed E-state index contributed by atoms with van der Waals surface area (Å²) in [6, 6.07) is 0. The molecule has 0 rings (SSSR count). The van der Waals surface area contributed by atoms with E-state index in [1.165, 1.54) is 6.92 Å². The summed E-state index contributed by atoms with van der Waals surface area (Å²) in [6.07, 6.45) is -1.99. The van der Waals surface area contributed by atoms with E-state index >= 15 is 0 Å². The number of amides is 2. The molecule has 4 N–H and O–H groups in total. The molecular formula is C13H24N2O5. The molecule has 0 saturated carbocycles. The Morgan fingerprint density at radius 2 is 1.85 bits per heavy atom. The third kappa shape index (κ3) is 7.73. The van der Waals surface area contributed by atoms with E-state index in [1.54, 1.807) is 20.8 Å². The van der Waals surface area contributed by atoms with Crippen molar-refractivity contribution >= 4 is 17.8 Å². The second-order valence-electron chi connectivity index (χ2n) is 5.80. The van der Waals surface area contributed by atoms with Crippen LogP contribution in [0.15, 0.2) is 0 Å². The number of nitrogens with two attached hydrogens (primary N) is 1. The first-order chi connectivity index (χ1) is 9.04. The highest BCUT2D eigenvalue weighted by Crippen LogP contribution is 2.23. The zero-order valence-electron chi connectivity index (χ0n) is 12.4. The molecule has 0 aromatic heterocycles. The number of carbonyl (C=O) groups excluding carboxylic acids is 3. The summed E-state index contributed by atoms with van der Waals surface area (Å²) >= 11 is 0. The number of primary amides is 1. The maximum atomic E-state index is 12.0. The Balaban J connectivity index is 4.60. The summed E-state index contributed by atoms with van der Waals surface area (Å²) < 4.78 is 5.12. The fraction of sp³-hybridized carbons (Fsp3) is 0.769. The molecule has 2 amide bonds. The summed E-state index contributed by atoms with van der Waals surface area (Å²) in [7, 11) is 0. The maximum Gasteiger partial charge on any atom is 0.309 e. The van der Waals surface area contributed by atoms with Crippen molar-refractivity contribution in [1.82, 2.24) is 5.32 Å². The van der Waals surface area contributed by atoms with Crippen LogP contribution >= 0.6 is 0 Å². The van der Waals surface area contributed by atoms with E-state index in [4.69, 9.17) is 15.6 Å². The summed E-state index contributed by atoms with van der Waals surface area (Å²) in [5.41, 5.74) is 4.37. The molecule has 0 aliphatic heterocycles. The van der Waals surface area contributed by atoms with Crippen molar-refractivity contribution in [2.24, 2.45) is 11.1 Å². The molecule has 0 radical (unpaired) electrons. The summed E-state index contributed by atoms with van der Waals surface area (Å²) in [5, 5.41) is 11.6. The molecule has 0 bridgehead atoms. The Morgan fingerprint density at radius 1 is 1.30 bits per heavy atom. The average Bonchev–Trinajstić information content (AvgIpc) is 2.22. The van der Waals surface area contributed by atoms with Gasteiger partial charge in [-0.15, -0.1) is 0 Å². The lowest BCUT2D eigenvalue weighted by molar-refractivity contribution is -0.164. The van der Waals surface area contributed by atoms with E-state index in [9.17, 15) is 14.4 Å². The van der Waals surface area contributed by atoms with E-state index < -0.39 is 35.4 Å². The molecule has 2 atom stereocenters. The van der Waals surface area contributed by atoms with E-state index in [-0.39, 0.29) is 19.4 Å². The molecule has 0 saturated heterocycles. The Kier molecular flexibility index (Phi) is 7.20. The first kappa shape index (κ1) is 18.4. The largest absolute Gasteiger partial charge is 0.452 e. The SMILES string of the molecule is C[C@@H](O)CC(=O)O[C@@H](C(=O)NCCC(N)=O)C(C)(C)C. The third-order valence-corrected chi connectivity index (χ3v) is 2.41. The minimum Gasteiger partial charge on any atom is -0.452 e. The normalized spacial score (nSPS) is 14.2. The van der Waals surface area contributed by atoms with Crippen molar-refractivity contribution in [3.05, 3.63) is 0 Å². The van der Waals surface area contributed by atoms with Gasteiger partial charge in [0, 0.05) is 18.4 Å². The smallest absolute Gasteiger partial charge is 0.309 e. The van der Waals surface area contributed by atoms with Crippen molar-refractivity contribution in [3.8, 4) is 0 Å². The fourth-order valence-electron chi connectivity index (χ4n) is 1.45. The number of hydrogen-bond donors (Lipinski definition) is 3. The minimum atomic E-state index is -0.998. The van der Waals surface area contributed by atoms with E-state index in [2.05, 4.69) is 5.32 Å². The number of esters is 1. The van der Waals surface area contributed by atoms with Gasteiger partial charge in [0.25, 0.3) is 5.91 Å². The first-order valence-corrected chi connectivity index (χ1v) is 6.47. The number of ether oxygens (including phenoxy) is 1. The molecule has 116 valence electrons. The second-order valence-corrected chi connectivity index (χ2v) is 5.80. The summed E-state index contributed by atoms with van der Waals surface area (Å²) in [4.78, 5) is 34.2. The Hall–Kier alpha value is -1.63. The molecule has 7 nitrogen and oxygen atoms in total. The van der Waals surface area contributed by atoms with E-state index in [1.807, 2.05) is 0 Å². The van der Waals surface area contributed by atoms with Crippen molar-refractivity contribution in [3.63, 3.8) is 0 Å². The predicted octanol–water partition coefficient (Wildman–Crippen LogP) is -0.293. The topological polar surface area (TPSA) is 119 Å². The van der Waals surface area contributed by atoms with Crippen LogP contribution in [0.5, 0.6) is 0 Å². The van der Waals surface area contributed by atoms with Crippen LogP contribution in [0, 0.1) is 5.41 Å². The van der Waals surface area contributed by atoms with Crippen LogP contribution in [0.25, 0.3) is 0 Å². The van der Waals surface area contributed by atoms with Gasteiger partial charge in [0.15, 0.2) is 6.10 Å². The second kappa shape index (κ2) is 7.84. The van der Waals surface area contributed by atoms with Crippen molar-refractivity contribution in [2.75, 3.05) is 6.54 Å². The van der Waals surface area contributed by atoms with E-state index in [0.717, 1.165) is 0 Å². The van der Waals surface area contributed by atoms with Crippen LogP contribution < -0.4 is 11.1 Å². The van der Waals surface area contributed by atoms with Crippen molar-refractivity contribution < 1.29 is 24.2 Å². The number of rotatable bonds is 7. The van der Waals surface area contributed by atoms with Gasteiger partial charge in [0.2, 0.25) is 5.91 Å². The van der Waals surface area contributed by atoms with Gasteiger partial charge in [0.1, 0.15) is 0 Å². The van der Waals surface area contributed by atoms with Gasteiger partial charge in [-0.1, -0.05) is 20.8 Å². The Labute approximate surface area is 118 Å². The monoisotopic (exact) mass is 288 g/mol. The lowest BCUT2D eigenvalue weighted by Gasteiger charge is -2.29. The lowest BCUT2D eigenvalue weighted by Crippen LogP contribution is -2.46. The quantitative estimate of drug-likeness (QED) is 0.556. The predicted molar refractivity (Wildman–Crippen MR) is 72.5 cm³/mol. The Bertz CT molecular complexity index is 360. The standard InChI is InChI=1S/C13H24N2O5/c1-8(16)7-10(18)20-11(13(2,3)4)12(19)15-6-5-9(14)17/h8,11,16H,5-7H2,1-4H3,(H2,14,17)(H,15,19)/t8-,11+/m1/s1. The van der Waals surface area contributed by atoms with Gasteiger partial charge in [-0.25, -0.2) is 0 Å². The molecule has 0 spiro atoms. The molecule has 0 unspecified atom stereocenters. The fourth-order valence-corrected chi connectivity index (χ4v) is 1.45. The number of aliphatic hydroxyl groups excluding tert-OH is 1. The van der Waals surface area contributed by atoms with Gasteiger partial charge < -0.3 is 20.9 Å². The highest BCUT2D eigenvalue weighted by molar-refractivity contribution is 5.85. The minimum absolute atomic E-state index is 0.0181. The maximum absolute atomic E-state index is 12.0. The van der Waals surface area contributed by atoms with Crippen LogP contribution in [-0.2, 0) is 19.1 Å². The number of aliphatic hydroxyl groups is 1. The van der Waals surface area contributed by atoms with Crippen LogP contribution in [0.3, 0.4) is 0 Å². The molecule has 7 heteroatoms. The van der Waals surface area contributed by atoms with Gasteiger partial charge in [-0.2, -0.15) is 0 Å². The molecule has 0 aliphatic carbocycles. The molecule has 0 fully saturated rings. The number of carbonyl (C=O) groups is 3. The van der Waals surface area contributed by atoms with Crippen LogP contribution in [-0.4, -0.2) is 41.6 Å². The highest BCUT2D eigenvalue weighted by Gasteiger charge is 2.34. The van der Waals surface area contributed by atoms with Crippen molar-refractivity contribution in [1.29, 1.82) is 0 Å². The van der Waals surface area contributed by atoms with Gasteiger partial charge >= 0.3 is 5.97 Å². The van der Waals surface area contributed by atoms with Crippen LogP contribution in [0.4, 0.5) is 0 Å². The first-order valence-electron chi connectivity index (χ1n) is 6.47. The van der Waals surface area contributed by atoms with E-state index in [0.29, 0.717) is 0 Å².